The number of carbonyl (C=O) groups is 12. The summed E-state index contributed by atoms with van der Waals surface area (Å²) in [6.07, 6.45) is 7.22. The van der Waals surface area contributed by atoms with Gasteiger partial charge in [0, 0.05) is 0 Å². The first kappa shape index (κ1) is 114. The first-order chi connectivity index (χ1) is 56.6. The third-order valence-corrected chi connectivity index (χ3v) is 26.9. The minimum Gasteiger partial charge on any atom is -0.464 e. The van der Waals surface area contributed by atoms with Gasteiger partial charge in [-0.25, -0.2) is 0 Å². The van der Waals surface area contributed by atoms with Gasteiger partial charge in [0.15, 0.2) is 0 Å². The largest absolute Gasteiger partial charge is 0.464 e. The molecule has 0 bridgehead atoms. The van der Waals surface area contributed by atoms with E-state index in [2.05, 4.69) is 0 Å². The molecule has 0 saturated heterocycles. The van der Waals surface area contributed by atoms with Crippen molar-refractivity contribution in [2.75, 3.05) is 145 Å². The summed E-state index contributed by atoms with van der Waals surface area (Å²) >= 11 is 0. The molecule has 0 aromatic rings. The molecular formula is C92H162O29. The van der Waals surface area contributed by atoms with E-state index in [1.165, 1.54) is 13.8 Å². The molecule has 29 heteroatoms. The zero-order valence-electron chi connectivity index (χ0n) is 79.9. The minimum atomic E-state index is -1.72. The van der Waals surface area contributed by atoms with E-state index in [0.29, 0.717) is 89.9 Å². The molecule has 0 rings (SSSR count). The van der Waals surface area contributed by atoms with Gasteiger partial charge < -0.3 is 80.5 Å². The van der Waals surface area contributed by atoms with Crippen LogP contribution in [0, 0.1) is 70.4 Å². The van der Waals surface area contributed by atoms with Gasteiger partial charge in [0.05, 0.1) is 120 Å². The quantitative estimate of drug-likeness (QED) is 0.0310. The standard InChI is InChI=1S/C92H162O29/c1-29-80(18,30-2)68(93)114-56-86(24,41-13)74(99)110-53-49-107-64-91(66-109-51-55-113-78(103)89(27,59-116-70(95)82(20,33-5)34-6)60-117-71(96)83(21,35-7)36-8,65-108-50-54-111-75(100)87(25,42-14)58-120-79(104)92(44-16,45-17)67-121-73(98)85(23,39-11)40-12)63-106-47-46-105-48-52-112-77(102)90(28,61-118-72(97)84(22,37-9)38-10)62-119-76(101)88(26,43-15)57-115-69(94)81(19,31-3)32-4/h29-67H2,1-28H3. The number of carbonyl (C=O) groups excluding carboxylic acids is 12. The highest BCUT2D eigenvalue weighted by Gasteiger charge is 2.48. The number of hydrogen-bond donors (Lipinski definition) is 0. The molecule has 0 aliphatic carbocycles. The minimum absolute atomic E-state index is 0.0848. The molecule has 0 saturated carbocycles. The third-order valence-electron chi connectivity index (χ3n) is 26.9. The van der Waals surface area contributed by atoms with Crippen LogP contribution in [0.1, 0.15) is 303 Å². The molecule has 0 radical (unpaired) electrons. The van der Waals surface area contributed by atoms with Crippen molar-refractivity contribution in [3.8, 4) is 0 Å². The lowest BCUT2D eigenvalue weighted by Gasteiger charge is -2.33. The molecule has 0 aromatic carbocycles. The van der Waals surface area contributed by atoms with Gasteiger partial charge in [-0.05, 0) is 185 Å². The lowest BCUT2D eigenvalue weighted by molar-refractivity contribution is -0.181. The summed E-state index contributed by atoms with van der Waals surface area (Å²) < 4.78 is 101. The van der Waals surface area contributed by atoms with Crippen molar-refractivity contribution < 1.29 is 138 Å². The van der Waals surface area contributed by atoms with Crippen LogP contribution in [0.3, 0.4) is 0 Å². The lowest BCUT2D eigenvalue weighted by atomic mass is 9.82. The van der Waals surface area contributed by atoms with Gasteiger partial charge in [-0.2, -0.15) is 0 Å². The first-order valence-corrected chi connectivity index (χ1v) is 44.5. The van der Waals surface area contributed by atoms with Gasteiger partial charge in [0.1, 0.15) is 95.5 Å². The summed E-state index contributed by atoms with van der Waals surface area (Å²) in [7, 11) is 0. The Morgan fingerprint density at radius 3 is 0.504 bits per heavy atom. The van der Waals surface area contributed by atoms with E-state index < -0.39 is 168 Å². The zero-order chi connectivity index (χ0) is 93.0. The fraction of sp³-hybridized carbons (Fsp3) is 0.870. The van der Waals surface area contributed by atoms with Gasteiger partial charge in [-0.1, -0.05) is 118 Å². The van der Waals surface area contributed by atoms with Crippen molar-refractivity contribution in [1.82, 2.24) is 0 Å². The van der Waals surface area contributed by atoms with Crippen LogP contribution in [0.5, 0.6) is 0 Å². The van der Waals surface area contributed by atoms with Crippen molar-refractivity contribution in [2.45, 2.75) is 303 Å². The Labute approximate surface area is 725 Å². The van der Waals surface area contributed by atoms with Crippen LogP contribution in [0.4, 0.5) is 0 Å². The second kappa shape index (κ2) is 53.7. The number of rotatable bonds is 68. The summed E-state index contributed by atoms with van der Waals surface area (Å²) in [5.74, 6) is -7.33. The van der Waals surface area contributed by atoms with Crippen molar-refractivity contribution >= 4 is 71.6 Å². The SMILES string of the molecule is CCC(C)(CC)C(=O)OCC(C)(CC)C(=O)OCCOCC(COCCOCCOC(=O)C(C)(COC(=O)C(C)(CC)CC)COC(=O)C(C)(CC)COC(=O)C(C)(CC)CC)(COCCOC(=O)C(C)(COC(=O)C(C)(CC)CC)COC(=O)C(C)(CC)CC)COCCOC(=O)C(C)(CC)COC(=O)C(CC)(CC)COC(=O)C(C)(CC)CC. The maximum Gasteiger partial charge on any atom is 0.318 e. The first-order valence-electron chi connectivity index (χ1n) is 44.5. The molecule has 0 aliphatic heterocycles. The van der Waals surface area contributed by atoms with Crippen LogP contribution in [-0.2, 0) is 138 Å². The zero-order valence-corrected chi connectivity index (χ0v) is 79.9. The summed E-state index contributed by atoms with van der Waals surface area (Å²) in [6.45, 7) is 43.6. The summed E-state index contributed by atoms with van der Waals surface area (Å²) in [5, 5.41) is 0. The Kier molecular flexibility index (Phi) is 50.8. The third kappa shape index (κ3) is 34.0. The van der Waals surface area contributed by atoms with Crippen molar-refractivity contribution in [3.63, 3.8) is 0 Å². The lowest BCUT2D eigenvalue weighted by Crippen LogP contribution is -2.44. The molecule has 0 N–H and O–H groups in total. The summed E-state index contributed by atoms with van der Waals surface area (Å²) in [5.41, 5.74) is -14.5. The van der Waals surface area contributed by atoms with E-state index in [9.17, 15) is 57.5 Å². The number of hydrogen-bond acceptors (Lipinski definition) is 29. The van der Waals surface area contributed by atoms with E-state index in [1.807, 2.05) is 96.9 Å². The fourth-order valence-corrected chi connectivity index (χ4v) is 11.5. The molecule has 0 aromatic heterocycles. The second-order valence-corrected chi connectivity index (χ2v) is 35.9. The van der Waals surface area contributed by atoms with Crippen LogP contribution >= 0.6 is 0 Å². The molecule has 0 fully saturated rings. The predicted molar refractivity (Wildman–Crippen MR) is 455 cm³/mol. The van der Waals surface area contributed by atoms with Crippen LogP contribution in [-0.4, -0.2) is 217 Å². The Bertz CT molecular complexity index is 3140. The number of ether oxygens (including phenoxy) is 17. The smallest absolute Gasteiger partial charge is 0.318 e. The molecule has 29 nitrogen and oxygen atoms in total. The average molecular weight is 1730 g/mol. The van der Waals surface area contributed by atoms with Gasteiger partial charge in [0.2, 0.25) is 0 Å². The van der Waals surface area contributed by atoms with Gasteiger partial charge in [-0.15, -0.1) is 0 Å². The monoisotopic (exact) mass is 1730 g/mol. The van der Waals surface area contributed by atoms with Gasteiger partial charge in [0.25, 0.3) is 0 Å². The highest BCUT2D eigenvalue weighted by atomic mass is 16.6. The molecule has 0 amide bonds. The topological polar surface area (TPSA) is 362 Å². The average Bonchev–Trinajstić information content (AvgIpc) is 0.826. The second-order valence-electron chi connectivity index (χ2n) is 35.9. The molecule has 121 heavy (non-hydrogen) atoms. The van der Waals surface area contributed by atoms with Crippen molar-refractivity contribution in [1.29, 1.82) is 0 Å². The highest BCUT2D eigenvalue weighted by Crippen LogP contribution is 2.39. The molecular weight excluding hydrogens is 1570 g/mol. The van der Waals surface area contributed by atoms with E-state index in [0.717, 1.165) is 0 Å². The normalized spacial score (nSPS) is 15.0. The van der Waals surface area contributed by atoms with Crippen molar-refractivity contribution in [2.24, 2.45) is 70.4 Å². The molecule has 5 atom stereocenters. The maximum atomic E-state index is 14.3. The molecule has 704 valence electrons. The molecule has 0 spiro atoms. The van der Waals surface area contributed by atoms with E-state index in [1.54, 1.807) is 83.1 Å². The van der Waals surface area contributed by atoms with Crippen LogP contribution in [0.2, 0.25) is 0 Å². The Morgan fingerprint density at radius 1 is 0.149 bits per heavy atom. The van der Waals surface area contributed by atoms with Crippen LogP contribution in [0.25, 0.3) is 0 Å². The van der Waals surface area contributed by atoms with Crippen LogP contribution in [0.15, 0.2) is 0 Å². The Balaban J connectivity index is 7.56. The van der Waals surface area contributed by atoms with Gasteiger partial charge in [-0.3, -0.25) is 57.5 Å². The molecule has 0 aliphatic rings. The Hall–Kier alpha value is -6.56. The predicted octanol–water partition coefficient (Wildman–Crippen LogP) is 15.6. The Morgan fingerprint density at radius 2 is 0.298 bits per heavy atom. The van der Waals surface area contributed by atoms with Crippen LogP contribution < -0.4 is 0 Å². The molecule has 5 unspecified atom stereocenters. The molecule has 0 heterocycles. The van der Waals surface area contributed by atoms with E-state index in [-0.39, 0.29) is 138 Å². The fourth-order valence-electron chi connectivity index (χ4n) is 11.5. The summed E-state index contributed by atoms with van der Waals surface area (Å²) in [4.78, 5) is 165. The summed E-state index contributed by atoms with van der Waals surface area (Å²) in [6, 6.07) is 0. The maximum absolute atomic E-state index is 14.3. The van der Waals surface area contributed by atoms with Crippen molar-refractivity contribution in [3.05, 3.63) is 0 Å². The van der Waals surface area contributed by atoms with E-state index in [4.69, 9.17) is 80.5 Å². The van der Waals surface area contributed by atoms with E-state index >= 15 is 0 Å². The highest BCUT2D eigenvalue weighted by molar-refractivity contribution is 5.84. The number of esters is 12. The van der Waals surface area contributed by atoms with Gasteiger partial charge >= 0.3 is 71.6 Å².